The minimum absolute atomic E-state index is 0.0247. The molecular formula is C28H30NO5P. The summed E-state index contributed by atoms with van der Waals surface area (Å²) in [6.07, 6.45) is -2.69. The molecule has 0 aliphatic rings. The molecule has 7 heteroatoms. The van der Waals surface area contributed by atoms with Gasteiger partial charge in [-0.3, -0.25) is 14.3 Å². The number of aryl methyl sites for hydroxylation is 2. The minimum Gasteiger partial charge on any atom is -0.481 e. The van der Waals surface area contributed by atoms with E-state index >= 15 is 0 Å². The second kappa shape index (κ2) is 11.0. The van der Waals surface area contributed by atoms with Crippen LogP contribution in [0.4, 0.5) is 0 Å². The maximum atomic E-state index is 12.7. The molecule has 3 rings (SSSR count). The Morgan fingerprint density at radius 3 is 2.23 bits per heavy atom. The lowest BCUT2D eigenvalue weighted by atomic mass is 9.91. The number of carboxylic acids is 1. The van der Waals surface area contributed by atoms with Crippen LogP contribution in [-0.4, -0.2) is 38.3 Å². The third kappa shape index (κ3) is 7.13. The predicted molar refractivity (Wildman–Crippen MR) is 139 cm³/mol. The Hall–Kier alpha value is -3.23. The fraction of sp³-hybridized carbons (Fsp3) is 0.286. The van der Waals surface area contributed by atoms with Crippen LogP contribution in [0.1, 0.15) is 48.6 Å². The number of aromatic nitrogens is 1. The molecule has 3 aromatic rings. The van der Waals surface area contributed by atoms with Gasteiger partial charge in [-0.15, -0.1) is 0 Å². The van der Waals surface area contributed by atoms with E-state index in [0.717, 1.165) is 33.5 Å². The van der Waals surface area contributed by atoms with Gasteiger partial charge in [0.1, 0.15) is 0 Å². The van der Waals surface area contributed by atoms with Crippen molar-refractivity contribution >= 4 is 13.3 Å². The summed E-state index contributed by atoms with van der Waals surface area (Å²) in [5.41, 5.74) is 9.28. The van der Waals surface area contributed by atoms with Gasteiger partial charge in [-0.25, -0.2) is 0 Å². The van der Waals surface area contributed by atoms with E-state index < -0.39 is 32.0 Å². The van der Waals surface area contributed by atoms with E-state index in [0.29, 0.717) is 11.3 Å². The molecule has 182 valence electrons. The lowest BCUT2D eigenvalue weighted by Crippen LogP contribution is -2.17. The van der Waals surface area contributed by atoms with Gasteiger partial charge in [-0.1, -0.05) is 79.4 Å². The zero-order valence-corrected chi connectivity index (χ0v) is 21.2. The summed E-state index contributed by atoms with van der Waals surface area (Å²) in [4.78, 5) is 26.1. The van der Waals surface area contributed by atoms with Crippen LogP contribution in [0.15, 0.2) is 54.6 Å². The van der Waals surface area contributed by atoms with Crippen molar-refractivity contribution in [2.45, 2.75) is 46.1 Å². The van der Waals surface area contributed by atoms with Crippen molar-refractivity contribution in [2.24, 2.45) is 0 Å². The molecule has 0 saturated heterocycles. The quantitative estimate of drug-likeness (QED) is 0.295. The number of aliphatic hydroxyl groups excluding tert-OH is 1. The molecule has 0 amide bonds. The zero-order valence-electron chi connectivity index (χ0n) is 20.3. The number of carboxylic acid groups (broad SMARTS) is 1. The third-order valence-electron chi connectivity index (χ3n) is 5.42. The second-order valence-corrected chi connectivity index (χ2v) is 11.1. The van der Waals surface area contributed by atoms with Crippen molar-refractivity contribution < 1.29 is 24.5 Å². The Bertz CT molecular complexity index is 1320. The lowest BCUT2D eigenvalue weighted by Gasteiger charge is -2.17. The van der Waals surface area contributed by atoms with Crippen LogP contribution in [0.5, 0.6) is 0 Å². The summed E-state index contributed by atoms with van der Waals surface area (Å²) >= 11 is 0. The van der Waals surface area contributed by atoms with E-state index in [9.17, 15) is 19.4 Å². The molecule has 0 aliphatic heterocycles. The molecule has 0 bridgehead atoms. The van der Waals surface area contributed by atoms with E-state index in [2.05, 4.69) is 17.6 Å². The van der Waals surface area contributed by atoms with Crippen molar-refractivity contribution in [1.29, 1.82) is 0 Å². The molecule has 0 fully saturated rings. The fourth-order valence-corrected chi connectivity index (χ4v) is 5.05. The number of nitrogens with zero attached hydrogens (tertiary/aromatic N) is 1. The maximum Gasteiger partial charge on any atom is 0.305 e. The SMILES string of the molecule is Cc1cc(C)cc(-c2cc(-c3ccccc3)nc(C(C)C)c2C#CP(=O)(O)CC(O)CC(=O)O)c1. The highest BCUT2D eigenvalue weighted by Gasteiger charge is 2.23. The number of hydrogen-bond acceptors (Lipinski definition) is 4. The van der Waals surface area contributed by atoms with Crippen molar-refractivity contribution in [3.05, 3.63) is 77.0 Å². The Labute approximate surface area is 206 Å². The molecule has 1 aromatic heterocycles. The Morgan fingerprint density at radius 2 is 1.66 bits per heavy atom. The monoisotopic (exact) mass is 491 g/mol. The number of carbonyl (C=O) groups is 1. The second-order valence-electron chi connectivity index (χ2n) is 9.09. The number of pyridine rings is 1. The first-order valence-corrected chi connectivity index (χ1v) is 13.2. The molecule has 0 aliphatic carbocycles. The summed E-state index contributed by atoms with van der Waals surface area (Å²) in [5, 5.41) is 18.7. The summed E-state index contributed by atoms with van der Waals surface area (Å²) in [7, 11) is -4.12. The maximum absolute atomic E-state index is 12.7. The van der Waals surface area contributed by atoms with Crippen LogP contribution < -0.4 is 0 Å². The molecule has 0 radical (unpaired) electrons. The molecular weight excluding hydrogens is 461 g/mol. The average Bonchev–Trinajstić information content (AvgIpc) is 2.76. The topological polar surface area (TPSA) is 108 Å². The Kier molecular flexibility index (Phi) is 8.30. The van der Waals surface area contributed by atoms with E-state index in [4.69, 9.17) is 10.1 Å². The van der Waals surface area contributed by atoms with E-state index in [-0.39, 0.29) is 5.92 Å². The van der Waals surface area contributed by atoms with Gasteiger partial charge in [0.25, 0.3) is 7.37 Å². The molecule has 2 aromatic carbocycles. The van der Waals surface area contributed by atoms with E-state index in [1.54, 1.807) is 0 Å². The number of aliphatic carboxylic acids is 1. The minimum atomic E-state index is -4.12. The molecule has 2 atom stereocenters. The van der Waals surface area contributed by atoms with E-state index in [1.807, 2.05) is 76.2 Å². The summed E-state index contributed by atoms with van der Waals surface area (Å²) < 4.78 is 12.7. The zero-order chi connectivity index (χ0) is 25.8. The van der Waals surface area contributed by atoms with Gasteiger partial charge < -0.3 is 15.1 Å². The van der Waals surface area contributed by atoms with Crippen LogP contribution in [-0.2, 0) is 9.36 Å². The van der Waals surface area contributed by atoms with Gasteiger partial charge in [-0.05, 0) is 37.1 Å². The van der Waals surface area contributed by atoms with Crippen LogP contribution in [0.2, 0.25) is 0 Å². The summed E-state index contributed by atoms with van der Waals surface area (Å²) in [5.74, 6) is 1.62. The summed E-state index contributed by atoms with van der Waals surface area (Å²) in [6, 6.07) is 17.9. The van der Waals surface area contributed by atoms with Crippen LogP contribution >= 0.6 is 7.37 Å². The van der Waals surface area contributed by atoms with Crippen molar-refractivity contribution in [3.63, 3.8) is 0 Å². The first-order valence-electron chi connectivity index (χ1n) is 11.4. The van der Waals surface area contributed by atoms with Crippen LogP contribution in [0.3, 0.4) is 0 Å². The largest absolute Gasteiger partial charge is 0.481 e. The number of aliphatic hydroxyl groups is 1. The molecule has 0 saturated carbocycles. The van der Waals surface area contributed by atoms with Crippen LogP contribution in [0.25, 0.3) is 22.4 Å². The highest BCUT2D eigenvalue weighted by Crippen LogP contribution is 2.41. The lowest BCUT2D eigenvalue weighted by molar-refractivity contribution is -0.138. The van der Waals surface area contributed by atoms with Crippen molar-refractivity contribution in [1.82, 2.24) is 4.98 Å². The number of hydrogen-bond donors (Lipinski definition) is 3. The number of benzene rings is 2. The smallest absolute Gasteiger partial charge is 0.305 e. The van der Waals surface area contributed by atoms with Gasteiger partial charge in [-0.2, -0.15) is 0 Å². The molecule has 35 heavy (non-hydrogen) atoms. The highest BCUT2D eigenvalue weighted by molar-refractivity contribution is 7.63. The fourth-order valence-electron chi connectivity index (χ4n) is 3.97. The summed E-state index contributed by atoms with van der Waals surface area (Å²) in [6.45, 7) is 8.00. The normalized spacial score (nSPS) is 13.6. The van der Waals surface area contributed by atoms with Gasteiger partial charge in [0.15, 0.2) is 0 Å². The van der Waals surface area contributed by atoms with Crippen molar-refractivity contribution in [2.75, 3.05) is 6.16 Å². The van der Waals surface area contributed by atoms with Crippen molar-refractivity contribution in [3.8, 4) is 34.0 Å². The van der Waals surface area contributed by atoms with Gasteiger partial charge in [0.2, 0.25) is 0 Å². The third-order valence-corrected chi connectivity index (χ3v) is 6.80. The molecule has 0 spiro atoms. The Balaban J connectivity index is 2.22. The molecule has 1 heterocycles. The Morgan fingerprint density at radius 1 is 1.03 bits per heavy atom. The first kappa shape index (κ1) is 26.4. The van der Waals surface area contributed by atoms with Gasteiger partial charge >= 0.3 is 5.97 Å². The van der Waals surface area contributed by atoms with E-state index in [1.165, 1.54) is 0 Å². The number of rotatable bonds is 7. The predicted octanol–water partition coefficient (Wildman–Crippen LogP) is 5.57. The average molecular weight is 492 g/mol. The molecule has 6 nitrogen and oxygen atoms in total. The highest BCUT2D eigenvalue weighted by atomic mass is 31.2. The molecule has 2 unspecified atom stereocenters. The van der Waals surface area contributed by atoms with Gasteiger partial charge in [0, 0.05) is 11.1 Å². The first-order chi connectivity index (χ1) is 16.4. The van der Waals surface area contributed by atoms with Crippen LogP contribution in [0, 0.1) is 25.4 Å². The van der Waals surface area contributed by atoms with Gasteiger partial charge in [0.05, 0.1) is 35.6 Å². The molecule has 3 N–H and O–H groups in total. The standard InChI is InChI=1S/C28H30NO5P/c1-18(2)28-24(10-11-35(33,34)17-23(30)15-27(31)32)25(22-13-19(3)12-20(4)14-22)16-26(29-28)21-8-6-5-7-9-21/h5-9,12-14,16,18,23,30H,15,17H2,1-4H3,(H,31,32)(H,33,34).